The van der Waals surface area contributed by atoms with Gasteiger partial charge in [0, 0.05) is 45.7 Å². The third kappa shape index (κ3) is 55.3. The summed E-state index contributed by atoms with van der Waals surface area (Å²) < 4.78 is 32.3. The van der Waals surface area contributed by atoms with Crippen LogP contribution in [0.4, 0.5) is 3.89 Å². The molecule has 0 heterocycles. The van der Waals surface area contributed by atoms with Gasteiger partial charge in [0.15, 0.2) is 0 Å². The van der Waals surface area contributed by atoms with Crippen LogP contribution in [0.2, 0.25) is 0 Å². The smallest absolute Gasteiger partial charge is 0.549 e. The van der Waals surface area contributed by atoms with Crippen LogP contribution < -0.4 is 144 Å². The van der Waals surface area contributed by atoms with E-state index in [-0.39, 0.29) is 138 Å². The zero-order valence-electron chi connectivity index (χ0n) is 27.0. The first-order chi connectivity index (χ1) is 20.0. The molecule has 0 aliphatic rings. The molecule has 0 saturated heterocycles. The van der Waals surface area contributed by atoms with Crippen molar-refractivity contribution in [3.8, 4) is 0 Å². The quantitative estimate of drug-likeness (QED) is 0.0316. The van der Waals surface area contributed by atoms with Crippen molar-refractivity contribution in [2.45, 2.75) is 31.4 Å². The standard InChI is InChI=1S/C10H16N2O8.C7H7FO2S.C6H13NO2.HN3.4Na/c13-7(14)3-11(4-8(15)16)1-2-12(5-9(17)18)6-10(19)20;8-11(9,10)6-7-4-2-1-3-5-7;7-5-3-1-2-4-6(8)9;1-3-2;;;;/h1-6H2,(H,13,14)(H,15,16)(H,17,18)(H,19,20);1-5H,6H2;1-5,7H2,(H,8,9);1H;;;;/q;;;;4*+1/p-4. The maximum absolute atomic E-state index is 12.0. The van der Waals surface area contributed by atoms with Gasteiger partial charge in [-0.05, 0) is 35.4 Å². The van der Waals surface area contributed by atoms with E-state index in [1.807, 2.05) is 0 Å². The van der Waals surface area contributed by atoms with Crippen molar-refractivity contribution in [1.82, 2.24) is 9.80 Å². The zero-order valence-corrected chi connectivity index (χ0v) is 35.8. The van der Waals surface area contributed by atoms with E-state index in [2.05, 4.69) is 0 Å². The fourth-order valence-corrected chi connectivity index (χ4v) is 3.40. The van der Waals surface area contributed by atoms with Gasteiger partial charge in [0.25, 0.3) is 0 Å². The summed E-state index contributed by atoms with van der Waals surface area (Å²) >= 11 is 0. The molecule has 0 radical (unpaired) electrons. The SMILES string of the molecule is NCCCCCC(=O)O.O=C([O-])CN(CCN(CC(=O)[O-])CC(=O)[O-])CC(=O)[O-].O=S(=O)(F)Cc1ccccc1.[N-]=[N+]=N.[Na+].[Na+].[Na+].[Na+]. The van der Waals surface area contributed by atoms with Gasteiger partial charge in [0.1, 0.15) is 5.75 Å². The molecule has 1 aromatic carbocycles. The molecule has 24 heteroatoms. The molecular formula is C23H33FN6Na4O12S. The second kappa shape index (κ2) is 40.1. The van der Waals surface area contributed by atoms with Crippen LogP contribution in [0.25, 0.3) is 10.4 Å². The van der Waals surface area contributed by atoms with Crippen LogP contribution in [0.3, 0.4) is 0 Å². The molecule has 18 nitrogen and oxygen atoms in total. The number of aliphatic carboxylic acids is 5. The zero-order chi connectivity index (χ0) is 33.8. The van der Waals surface area contributed by atoms with E-state index in [0.717, 1.165) is 29.1 Å². The molecule has 1 aromatic rings. The Labute approximate surface area is 360 Å². The van der Waals surface area contributed by atoms with Crippen LogP contribution in [-0.4, -0.2) is 99.0 Å². The summed E-state index contributed by atoms with van der Waals surface area (Å²) in [5.74, 6) is -7.37. The van der Waals surface area contributed by atoms with Crippen LogP contribution in [0.15, 0.2) is 30.3 Å². The molecule has 4 N–H and O–H groups in total. The summed E-state index contributed by atoms with van der Waals surface area (Å²) in [6, 6.07) is 8.21. The second-order valence-corrected chi connectivity index (χ2v) is 9.54. The molecule has 0 spiro atoms. The van der Waals surface area contributed by atoms with E-state index in [9.17, 15) is 56.7 Å². The first-order valence-electron chi connectivity index (χ1n) is 12.1. The van der Waals surface area contributed by atoms with Crippen molar-refractivity contribution in [2.24, 2.45) is 5.73 Å². The Morgan fingerprint density at radius 1 is 0.787 bits per heavy atom. The van der Waals surface area contributed by atoms with Gasteiger partial charge >= 0.3 is 134 Å². The van der Waals surface area contributed by atoms with Crippen LogP contribution in [-0.2, 0) is 39.9 Å². The van der Waals surface area contributed by atoms with Gasteiger partial charge in [0.05, 0.1) is 23.9 Å². The van der Waals surface area contributed by atoms with Gasteiger partial charge in [-0.15, -0.1) is 9.42 Å². The molecule has 0 atom stereocenters. The fourth-order valence-electron chi connectivity index (χ4n) is 2.81. The fraction of sp³-hybridized carbons (Fsp3) is 0.522. The molecule has 0 aromatic heterocycles. The van der Waals surface area contributed by atoms with E-state index in [1.54, 1.807) is 35.2 Å². The first kappa shape index (κ1) is 61.8. The Balaban J connectivity index is -0.000000101. The van der Waals surface area contributed by atoms with Crippen LogP contribution in [0.1, 0.15) is 31.2 Å². The molecule has 47 heavy (non-hydrogen) atoms. The number of benzene rings is 1. The van der Waals surface area contributed by atoms with Crippen molar-refractivity contribution in [3.05, 3.63) is 46.3 Å². The number of carboxylic acids is 5. The predicted octanol–water partition coefficient (Wildman–Crippen LogP) is -16.4. The van der Waals surface area contributed by atoms with Gasteiger partial charge in [-0.3, -0.25) is 14.6 Å². The summed E-state index contributed by atoms with van der Waals surface area (Å²) in [7, 11) is -4.38. The van der Waals surface area contributed by atoms with E-state index in [4.69, 9.17) is 21.9 Å². The van der Waals surface area contributed by atoms with E-state index < -0.39 is 72.0 Å². The number of nitrogens with one attached hydrogen (secondary N) is 1. The molecular weight excluding hydrogens is 695 g/mol. The van der Waals surface area contributed by atoms with Crippen molar-refractivity contribution in [1.29, 1.82) is 5.53 Å². The van der Waals surface area contributed by atoms with Gasteiger partial charge in [-0.25, -0.2) is 0 Å². The maximum Gasteiger partial charge on any atom is 1.00 e. The van der Waals surface area contributed by atoms with Gasteiger partial charge in [0.2, 0.25) is 0 Å². The summed E-state index contributed by atoms with van der Waals surface area (Å²) in [5.41, 5.74) is 17.9. The molecule has 0 aliphatic heterocycles. The number of hydrogen-bond acceptors (Lipinski definition) is 15. The van der Waals surface area contributed by atoms with E-state index >= 15 is 0 Å². The summed E-state index contributed by atoms with van der Waals surface area (Å²) in [6.45, 7) is -2.58. The molecule has 0 bridgehead atoms. The van der Waals surface area contributed by atoms with Gasteiger partial charge in [-0.1, -0.05) is 36.8 Å². The van der Waals surface area contributed by atoms with E-state index in [0.29, 0.717) is 12.1 Å². The molecule has 0 amide bonds. The third-order valence-electron chi connectivity index (χ3n) is 4.42. The largest absolute Gasteiger partial charge is 1.00 e. The molecule has 1 rings (SSSR count). The van der Waals surface area contributed by atoms with Crippen molar-refractivity contribution in [3.63, 3.8) is 0 Å². The first-order valence-corrected chi connectivity index (χ1v) is 13.7. The Morgan fingerprint density at radius 3 is 1.38 bits per heavy atom. The monoisotopic (exact) mass is 728 g/mol. The number of unbranched alkanes of at least 4 members (excludes halogenated alkanes) is 2. The van der Waals surface area contributed by atoms with Gasteiger partial charge in [-0.2, -0.15) is 8.42 Å². The Hall–Kier alpha value is -0.360. The topological polar surface area (TPSA) is 325 Å². The second-order valence-electron chi connectivity index (χ2n) is 8.17. The number of carbonyl (C=O) groups is 5. The van der Waals surface area contributed by atoms with Crippen LogP contribution in [0.5, 0.6) is 0 Å². The van der Waals surface area contributed by atoms with Gasteiger partial charge < -0.3 is 50.4 Å². The molecule has 0 aliphatic carbocycles. The summed E-state index contributed by atoms with van der Waals surface area (Å²) in [4.78, 5) is 55.1. The Bertz CT molecular complexity index is 1070. The van der Waals surface area contributed by atoms with E-state index in [1.165, 1.54) is 0 Å². The number of rotatable bonds is 18. The number of carboxylic acid groups (broad SMARTS) is 5. The predicted molar refractivity (Wildman–Crippen MR) is 138 cm³/mol. The van der Waals surface area contributed by atoms with Crippen LogP contribution >= 0.6 is 0 Å². The Morgan fingerprint density at radius 2 is 1.13 bits per heavy atom. The minimum Gasteiger partial charge on any atom is -0.549 e. The molecule has 0 unspecified atom stereocenters. The summed E-state index contributed by atoms with van der Waals surface area (Å²) in [5, 5.41) is 49.8. The molecule has 0 saturated carbocycles. The van der Waals surface area contributed by atoms with Crippen molar-refractivity contribution in [2.75, 3.05) is 45.8 Å². The normalized spacial score (nSPS) is 9.19. The van der Waals surface area contributed by atoms with Crippen molar-refractivity contribution >= 4 is 40.1 Å². The minimum atomic E-state index is -4.38. The number of nitrogens with two attached hydrogens (primary N) is 1. The summed E-state index contributed by atoms with van der Waals surface area (Å²) in [6.07, 6.45) is 2.91. The number of nitrogens with zero attached hydrogens (tertiary/aromatic N) is 4. The average molecular weight is 729 g/mol. The Kier molecular flexibility index (Phi) is 52.7. The van der Waals surface area contributed by atoms with Crippen molar-refractivity contribution < 1.29 is 180 Å². The third-order valence-corrected chi connectivity index (χ3v) is 5.10. The maximum atomic E-state index is 12.0. The number of hydrogen-bond donors (Lipinski definition) is 3. The molecule has 0 fully saturated rings. The minimum absolute atomic E-state index is 0. The number of carbonyl (C=O) groups excluding carboxylic acids is 4. The molecule has 244 valence electrons. The van der Waals surface area contributed by atoms with Crippen LogP contribution in [0, 0.1) is 5.53 Å². The average Bonchev–Trinajstić information content (AvgIpc) is 2.84. The number of halogens is 1.